The average molecular weight is 505 g/mol. The van der Waals surface area contributed by atoms with Crippen LogP contribution in [0.25, 0.3) is 0 Å². The molecule has 0 bridgehead atoms. The van der Waals surface area contributed by atoms with Crippen molar-refractivity contribution in [3.63, 3.8) is 0 Å². The third-order valence-corrected chi connectivity index (χ3v) is 8.42. The molecule has 1 aliphatic heterocycles. The van der Waals surface area contributed by atoms with Crippen molar-refractivity contribution in [2.75, 3.05) is 13.1 Å². The first-order valence-corrected chi connectivity index (χ1v) is 17.0. The molecule has 2 heteroatoms. The number of hydrogen-bond donors (Lipinski definition) is 0. The van der Waals surface area contributed by atoms with Crippen molar-refractivity contribution in [2.45, 2.75) is 194 Å². The van der Waals surface area contributed by atoms with E-state index in [9.17, 15) is 0 Å². The summed E-state index contributed by atoms with van der Waals surface area (Å²) in [5.41, 5.74) is 0. The molecule has 36 heavy (non-hydrogen) atoms. The second kappa shape index (κ2) is 26.0. The van der Waals surface area contributed by atoms with Crippen molar-refractivity contribution in [1.82, 2.24) is 9.80 Å². The van der Waals surface area contributed by atoms with Gasteiger partial charge >= 0.3 is 0 Å². The van der Waals surface area contributed by atoms with Crippen LogP contribution >= 0.6 is 0 Å². The molecule has 0 saturated heterocycles. The van der Waals surface area contributed by atoms with E-state index in [-0.39, 0.29) is 0 Å². The van der Waals surface area contributed by atoms with Crippen LogP contribution in [0.1, 0.15) is 188 Å². The molecule has 0 spiro atoms. The van der Waals surface area contributed by atoms with E-state index in [0.717, 1.165) is 6.54 Å². The van der Waals surface area contributed by atoms with E-state index < -0.39 is 0 Å². The zero-order chi connectivity index (χ0) is 25.9. The van der Waals surface area contributed by atoms with Crippen molar-refractivity contribution in [3.05, 3.63) is 12.4 Å². The average Bonchev–Trinajstić information content (AvgIpc) is 3.29. The zero-order valence-corrected chi connectivity index (χ0v) is 25.4. The van der Waals surface area contributed by atoms with Gasteiger partial charge in [-0.2, -0.15) is 0 Å². The van der Waals surface area contributed by atoms with Crippen LogP contribution in [-0.4, -0.2) is 29.1 Å². The number of rotatable bonds is 28. The van der Waals surface area contributed by atoms with Crippen molar-refractivity contribution >= 4 is 0 Å². The minimum Gasteiger partial charge on any atom is -0.356 e. The Morgan fingerprint density at radius 3 is 1.11 bits per heavy atom. The molecule has 0 fully saturated rings. The van der Waals surface area contributed by atoms with E-state index in [2.05, 4.69) is 43.0 Å². The van der Waals surface area contributed by atoms with Crippen LogP contribution in [0.4, 0.5) is 0 Å². The van der Waals surface area contributed by atoms with Gasteiger partial charge in [-0.3, -0.25) is 0 Å². The van der Waals surface area contributed by atoms with Gasteiger partial charge in [-0.1, -0.05) is 162 Å². The lowest BCUT2D eigenvalue weighted by Crippen LogP contribution is -2.38. The zero-order valence-electron chi connectivity index (χ0n) is 25.4. The van der Waals surface area contributed by atoms with Crippen LogP contribution in [0, 0.1) is 0 Å². The summed E-state index contributed by atoms with van der Waals surface area (Å²) in [5, 5.41) is 0. The Morgan fingerprint density at radius 1 is 0.389 bits per heavy atom. The molecule has 1 aliphatic rings. The minimum atomic E-state index is 0.635. The molecule has 0 aliphatic carbocycles. The second-order valence-corrected chi connectivity index (χ2v) is 11.8. The van der Waals surface area contributed by atoms with Crippen LogP contribution in [0.5, 0.6) is 0 Å². The molecular weight excluding hydrogens is 436 g/mol. The van der Waals surface area contributed by atoms with E-state index in [4.69, 9.17) is 0 Å². The molecule has 0 amide bonds. The van der Waals surface area contributed by atoms with E-state index >= 15 is 0 Å². The largest absolute Gasteiger partial charge is 0.356 e. The smallest absolute Gasteiger partial charge is 0.101 e. The van der Waals surface area contributed by atoms with Gasteiger partial charge in [-0.15, -0.1) is 0 Å². The van der Waals surface area contributed by atoms with Crippen LogP contribution < -0.4 is 0 Å². The van der Waals surface area contributed by atoms with Crippen LogP contribution in [0.3, 0.4) is 0 Å². The Kier molecular flexibility index (Phi) is 24.1. The van der Waals surface area contributed by atoms with Crippen molar-refractivity contribution in [1.29, 1.82) is 0 Å². The van der Waals surface area contributed by atoms with Crippen LogP contribution in [0.15, 0.2) is 12.4 Å². The maximum Gasteiger partial charge on any atom is 0.101 e. The minimum absolute atomic E-state index is 0.635. The van der Waals surface area contributed by atoms with E-state index in [1.807, 2.05) is 0 Å². The van der Waals surface area contributed by atoms with Gasteiger partial charge in [0.25, 0.3) is 0 Å². The quantitative estimate of drug-likeness (QED) is 0.0977. The first-order chi connectivity index (χ1) is 17.8. The van der Waals surface area contributed by atoms with Crippen molar-refractivity contribution in [3.8, 4) is 0 Å². The van der Waals surface area contributed by atoms with Crippen molar-refractivity contribution in [2.24, 2.45) is 0 Å². The SMILES string of the molecule is CCCCCCCCCCCCCCCN1C=CN(CC)C1CCCCCCCCCCCCCC. The molecule has 1 rings (SSSR count). The van der Waals surface area contributed by atoms with E-state index in [1.54, 1.807) is 0 Å². The molecule has 0 N–H and O–H groups in total. The molecule has 0 saturated carbocycles. The first kappa shape index (κ1) is 33.4. The highest BCUT2D eigenvalue weighted by atomic mass is 15.4. The highest BCUT2D eigenvalue weighted by Gasteiger charge is 2.23. The summed E-state index contributed by atoms with van der Waals surface area (Å²) < 4.78 is 0. The van der Waals surface area contributed by atoms with Gasteiger partial charge in [-0.25, -0.2) is 0 Å². The lowest BCUT2D eigenvalue weighted by Gasteiger charge is -2.32. The normalized spacial score (nSPS) is 15.5. The fraction of sp³-hybridized carbons (Fsp3) is 0.941. The van der Waals surface area contributed by atoms with Gasteiger partial charge in [-0.05, 0) is 26.2 Å². The molecule has 214 valence electrons. The summed E-state index contributed by atoms with van der Waals surface area (Å²) in [6.45, 7) is 9.33. The lowest BCUT2D eigenvalue weighted by molar-refractivity contribution is 0.142. The summed E-state index contributed by atoms with van der Waals surface area (Å²) in [7, 11) is 0. The summed E-state index contributed by atoms with van der Waals surface area (Å²) in [4.78, 5) is 5.22. The Balaban J connectivity index is 1.96. The molecule has 2 nitrogen and oxygen atoms in total. The third-order valence-electron chi connectivity index (χ3n) is 8.42. The predicted octanol–water partition coefficient (Wildman–Crippen LogP) is 11.6. The predicted molar refractivity (Wildman–Crippen MR) is 163 cm³/mol. The molecule has 1 heterocycles. The second-order valence-electron chi connectivity index (χ2n) is 11.8. The summed E-state index contributed by atoms with van der Waals surface area (Å²) >= 11 is 0. The third kappa shape index (κ3) is 18.6. The first-order valence-electron chi connectivity index (χ1n) is 17.0. The Bertz CT molecular complexity index is 460. The monoisotopic (exact) mass is 505 g/mol. The molecule has 0 aromatic heterocycles. The maximum atomic E-state index is 2.65. The Morgan fingerprint density at radius 2 is 0.722 bits per heavy atom. The molecule has 0 aromatic carbocycles. The molecule has 1 unspecified atom stereocenters. The van der Waals surface area contributed by atoms with E-state index in [0.29, 0.717) is 6.17 Å². The maximum absolute atomic E-state index is 2.65. The van der Waals surface area contributed by atoms with Gasteiger partial charge in [0.2, 0.25) is 0 Å². The topological polar surface area (TPSA) is 6.48 Å². The fourth-order valence-corrected chi connectivity index (χ4v) is 5.91. The molecule has 1 atom stereocenters. The highest BCUT2D eigenvalue weighted by molar-refractivity contribution is 4.96. The number of unbranched alkanes of at least 4 members (excludes halogenated alkanes) is 23. The Hall–Kier alpha value is -0.660. The molecular formula is C34H68N2. The van der Waals surface area contributed by atoms with Crippen LogP contribution in [0.2, 0.25) is 0 Å². The molecule has 0 aromatic rings. The highest BCUT2D eigenvalue weighted by Crippen LogP contribution is 2.23. The van der Waals surface area contributed by atoms with Gasteiger partial charge in [0.15, 0.2) is 0 Å². The summed E-state index contributed by atoms with van der Waals surface area (Å²) in [5.74, 6) is 0. The van der Waals surface area contributed by atoms with Crippen LogP contribution in [-0.2, 0) is 0 Å². The van der Waals surface area contributed by atoms with Crippen molar-refractivity contribution < 1.29 is 0 Å². The molecule has 0 radical (unpaired) electrons. The standard InChI is InChI=1S/C34H68N2/c1-4-7-9-11-13-15-17-19-21-23-25-27-29-31-36-33-32-35(6-3)34(36)30-28-26-24-22-20-18-16-14-12-10-8-5-2/h32-34H,4-31H2,1-3H3. The fourth-order valence-electron chi connectivity index (χ4n) is 5.91. The lowest BCUT2D eigenvalue weighted by atomic mass is 10.0. The van der Waals surface area contributed by atoms with Gasteiger partial charge in [0.05, 0.1) is 0 Å². The number of hydrogen-bond acceptors (Lipinski definition) is 2. The van der Waals surface area contributed by atoms with E-state index in [1.165, 1.54) is 173 Å². The van der Waals surface area contributed by atoms with Gasteiger partial charge in [0.1, 0.15) is 6.17 Å². The summed E-state index contributed by atoms with van der Waals surface area (Å²) in [6, 6.07) is 0. The summed E-state index contributed by atoms with van der Waals surface area (Å²) in [6.07, 6.45) is 42.8. The van der Waals surface area contributed by atoms with Gasteiger partial charge in [0, 0.05) is 25.5 Å². The Labute approximate surface area is 229 Å². The van der Waals surface area contributed by atoms with Gasteiger partial charge < -0.3 is 9.80 Å². The number of nitrogens with zero attached hydrogens (tertiary/aromatic N) is 2.